The van der Waals surface area contributed by atoms with Crippen LogP contribution in [0, 0.1) is 11.8 Å². The van der Waals surface area contributed by atoms with E-state index in [2.05, 4.69) is 13.8 Å². The van der Waals surface area contributed by atoms with Gasteiger partial charge in [-0.15, -0.1) is 0 Å². The second-order valence-corrected chi connectivity index (χ2v) is 5.07. The van der Waals surface area contributed by atoms with Gasteiger partial charge in [0.05, 0.1) is 5.60 Å². The van der Waals surface area contributed by atoms with Crippen molar-refractivity contribution in [2.45, 2.75) is 59.9 Å². The van der Waals surface area contributed by atoms with Crippen LogP contribution in [0.4, 0.5) is 0 Å². The summed E-state index contributed by atoms with van der Waals surface area (Å²) >= 11 is 0. The zero-order chi connectivity index (χ0) is 10.9. The zero-order valence-corrected chi connectivity index (χ0v) is 10.0. The first kappa shape index (κ1) is 12.9. The van der Waals surface area contributed by atoms with Gasteiger partial charge in [-0.05, 0) is 26.7 Å². The molecule has 1 unspecified atom stereocenters. The molecule has 0 radical (unpaired) electrons. The van der Waals surface area contributed by atoms with E-state index in [1.165, 1.54) is 0 Å². The number of hydrogen-bond donors (Lipinski definition) is 1. The summed E-state index contributed by atoms with van der Waals surface area (Å²) in [6, 6.07) is 0. The summed E-state index contributed by atoms with van der Waals surface area (Å²) < 4.78 is 5.70. The minimum Gasteiger partial charge on any atom is -0.365 e. The van der Waals surface area contributed by atoms with E-state index >= 15 is 0 Å². The van der Waals surface area contributed by atoms with Crippen molar-refractivity contribution >= 4 is 0 Å². The zero-order valence-electron chi connectivity index (χ0n) is 10.0. The molecule has 1 N–H and O–H groups in total. The van der Waals surface area contributed by atoms with Gasteiger partial charge >= 0.3 is 0 Å². The van der Waals surface area contributed by atoms with Crippen molar-refractivity contribution in [2.24, 2.45) is 11.8 Å². The van der Waals surface area contributed by atoms with E-state index in [1.54, 1.807) is 6.92 Å². The Hall–Kier alpha value is -0.0800. The highest BCUT2D eigenvalue weighted by molar-refractivity contribution is 4.77. The van der Waals surface area contributed by atoms with Gasteiger partial charge in [0.2, 0.25) is 0 Å². The average Bonchev–Trinajstić information content (AvgIpc) is 1.83. The van der Waals surface area contributed by atoms with E-state index in [9.17, 15) is 5.11 Å². The molecule has 0 aromatic carbocycles. The molecule has 1 atom stereocenters. The molecule has 0 spiro atoms. The van der Waals surface area contributed by atoms with Gasteiger partial charge in [-0.25, -0.2) is 0 Å². The summed E-state index contributed by atoms with van der Waals surface area (Å²) in [5, 5.41) is 9.95. The Kier molecular flexibility index (Phi) is 3.95. The van der Waals surface area contributed by atoms with Crippen LogP contribution in [0.5, 0.6) is 0 Å². The van der Waals surface area contributed by atoms with Crippen molar-refractivity contribution < 1.29 is 9.84 Å². The summed E-state index contributed by atoms with van der Waals surface area (Å²) in [5.74, 6) is -0.545. The first-order valence-corrected chi connectivity index (χ1v) is 5.02. The predicted molar refractivity (Wildman–Crippen MR) is 55.5 cm³/mol. The molecule has 0 aliphatic heterocycles. The van der Waals surface area contributed by atoms with E-state index in [0.717, 1.165) is 0 Å². The molecule has 0 fully saturated rings. The van der Waals surface area contributed by atoms with Crippen molar-refractivity contribution in [3.05, 3.63) is 0 Å². The molecular formula is C11H24O2. The molecule has 0 bridgehead atoms. The second kappa shape index (κ2) is 3.97. The van der Waals surface area contributed by atoms with Gasteiger partial charge in [0, 0.05) is 5.92 Å². The highest BCUT2D eigenvalue weighted by atomic mass is 16.6. The highest BCUT2D eigenvalue weighted by Gasteiger charge is 2.35. The smallest absolute Gasteiger partial charge is 0.165 e. The van der Waals surface area contributed by atoms with Gasteiger partial charge in [-0.1, -0.05) is 27.7 Å². The maximum Gasteiger partial charge on any atom is 0.165 e. The SMILES string of the molecule is CC(C)C(C)(C)OC(C)(O)C(C)C. The lowest BCUT2D eigenvalue weighted by Gasteiger charge is -2.39. The fraction of sp³-hybridized carbons (Fsp3) is 1.00. The maximum atomic E-state index is 9.95. The molecule has 0 saturated heterocycles. The van der Waals surface area contributed by atoms with E-state index < -0.39 is 5.79 Å². The highest BCUT2D eigenvalue weighted by Crippen LogP contribution is 2.29. The lowest BCUT2D eigenvalue weighted by Crippen LogP contribution is -2.45. The molecule has 0 aliphatic carbocycles. The van der Waals surface area contributed by atoms with Crippen molar-refractivity contribution in [3.8, 4) is 0 Å². The molecule has 0 aliphatic rings. The standard InChI is InChI=1S/C11H24O2/c1-8(2)10(5,6)13-11(7,12)9(3)4/h8-9,12H,1-7H3. The maximum absolute atomic E-state index is 9.95. The van der Waals surface area contributed by atoms with Crippen molar-refractivity contribution in [1.82, 2.24) is 0 Å². The molecule has 0 saturated carbocycles. The topological polar surface area (TPSA) is 29.5 Å². The van der Waals surface area contributed by atoms with Crippen LogP contribution in [0.1, 0.15) is 48.5 Å². The Labute approximate surface area is 82.3 Å². The van der Waals surface area contributed by atoms with Gasteiger partial charge in [-0.2, -0.15) is 0 Å². The molecule has 0 aromatic heterocycles. The third kappa shape index (κ3) is 3.65. The Bertz CT molecular complexity index is 139. The van der Waals surface area contributed by atoms with Crippen LogP contribution < -0.4 is 0 Å². The first-order valence-electron chi connectivity index (χ1n) is 5.02. The fourth-order valence-corrected chi connectivity index (χ4v) is 0.768. The summed E-state index contributed by atoms with van der Waals surface area (Å²) in [7, 11) is 0. The monoisotopic (exact) mass is 188 g/mol. The molecule has 0 amide bonds. The minimum atomic E-state index is -1.03. The molecule has 13 heavy (non-hydrogen) atoms. The van der Waals surface area contributed by atoms with Crippen LogP contribution in [-0.4, -0.2) is 16.5 Å². The number of aliphatic hydroxyl groups is 1. The van der Waals surface area contributed by atoms with Gasteiger partial charge in [0.1, 0.15) is 0 Å². The minimum absolute atomic E-state index is 0.102. The third-order valence-electron chi connectivity index (χ3n) is 2.93. The average molecular weight is 188 g/mol. The fourth-order valence-electron chi connectivity index (χ4n) is 0.768. The molecule has 80 valence electrons. The van der Waals surface area contributed by atoms with Crippen LogP contribution in [0.25, 0.3) is 0 Å². The van der Waals surface area contributed by atoms with Crippen LogP contribution >= 0.6 is 0 Å². The van der Waals surface area contributed by atoms with Gasteiger partial charge in [-0.3, -0.25) is 0 Å². The third-order valence-corrected chi connectivity index (χ3v) is 2.93. The van der Waals surface area contributed by atoms with Crippen LogP contribution in [-0.2, 0) is 4.74 Å². The molecular weight excluding hydrogens is 164 g/mol. The molecule has 0 rings (SSSR count). The summed E-state index contributed by atoms with van der Waals surface area (Å²) in [4.78, 5) is 0. The van der Waals surface area contributed by atoms with Crippen LogP contribution in [0.2, 0.25) is 0 Å². The van der Waals surface area contributed by atoms with E-state index in [4.69, 9.17) is 4.74 Å². The summed E-state index contributed by atoms with van der Waals surface area (Å²) in [6.07, 6.45) is 0. The molecule has 0 aromatic rings. The lowest BCUT2D eigenvalue weighted by atomic mass is 9.93. The van der Waals surface area contributed by atoms with Crippen molar-refractivity contribution in [2.75, 3.05) is 0 Å². The molecule has 2 heteroatoms. The lowest BCUT2D eigenvalue weighted by molar-refractivity contribution is -0.277. The Morgan fingerprint density at radius 1 is 0.923 bits per heavy atom. The summed E-state index contributed by atoms with van der Waals surface area (Å²) in [5.41, 5.74) is -0.284. The Morgan fingerprint density at radius 2 is 1.31 bits per heavy atom. The van der Waals surface area contributed by atoms with E-state index in [0.29, 0.717) is 5.92 Å². The van der Waals surface area contributed by atoms with Crippen molar-refractivity contribution in [3.63, 3.8) is 0 Å². The van der Waals surface area contributed by atoms with Crippen LogP contribution in [0.15, 0.2) is 0 Å². The molecule has 0 heterocycles. The van der Waals surface area contributed by atoms with Gasteiger partial charge in [0.25, 0.3) is 0 Å². The number of ether oxygens (including phenoxy) is 1. The Morgan fingerprint density at radius 3 is 1.54 bits per heavy atom. The second-order valence-electron chi connectivity index (χ2n) is 5.07. The summed E-state index contributed by atoms with van der Waals surface area (Å²) in [6.45, 7) is 13.8. The number of rotatable bonds is 4. The van der Waals surface area contributed by atoms with E-state index in [1.807, 2.05) is 27.7 Å². The number of hydrogen-bond acceptors (Lipinski definition) is 2. The van der Waals surface area contributed by atoms with E-state index in [-0.39, 0.29) is 11.5 Å². The molecule has 2 nitrogen and oxygen atoms in total. The largest absolute Gasteiger partial charge is 0.365 e. The quantitative estimate of drug-likeness (QED) is 0.687. The van der Waals surface area contributed by atoms with Crippen molar-refractivity contribution in [1.29, 1.82) is 0 Å². The normalized spacial score (nSPS) is 18.0. The Balaban J connectivity index is 4.42. The van der Waals surface area contributed by atoms with Crippen LogP contribution in [0.3, 0.4) is 0 Å². The van der Waals surface area contributed by atoms with Gasteiger partial charge in [0.15, 0.2) is 5.79 Å². The van der Waals surface area contributed by atoms with Gasteiger partial charge < -0.3 is 9.84 Å². The predicted octanol–water partition coefficient (Wildman–Crippen LogP) is 2.80. The first-order chi connectivity index (χ1) is 5.59.